The van der Waals surface area contributed by atoms with E-state index in [1.807, 2.05) is 12.3 Å². The van der Waals surface area contributed by atoms with Crippen LogP contribution in [0.25, 0.3) is 33.3 Å². The van der Waals surface area contributed by atoms with Gasteiger partial charge in [0.2, 0.25) is 0 Å². The van der Waals surface area contributed by atoms with Gasteiger partial charge in [-0.1, -0.05) is 56.7 Å². The molecule has 3 heterocycles. The van der Waals surface area contributed by atoms with E-state index in [0.717, 1.165) is 46.2 Å². The predicted molar refractivity (Wildman–Crippen MR) is 185 cm³/mol. The molecule has 1 aliphatic rings. The second kappa shape index (κ2) is 11.7. The zero-order valence-corrected chi connectivity index (χ0v) is 27.2. The summed E-state index contributed by atoms with van der Waals surface area (Å²) in [5, 5.41) is 7.41. The van der Waals surface area contributed by atoms with Gasteiger partial charge in [-0.25, -0.2) is 9.67 Å². The largest absolute Gasteiger partial charge is 0.457 e. The van der Waals surface area contributed by atoms with Crippen molar-refractivity contribution in [2.24, 2.45) is 11.8 Å². The summed E-state index contributed by atoms with van der Waals surface area (Å²) in [7, 11) is 0. The number of nitrogens with zero attached hydrogens (tertiary/aromatic N) is 4. The lowest BCUT2D eigenvalue weighted by Gasteiger charge is -2.29. The Morgan fingerprint density at radius 1 is 0.867 bits per heavy atom. The maximum atomic E-state index is 6.56. The third-order valence-electron chi connectivity index (χ3n) is 9.43. The monoisotopic (exact) mass is 594 g/mol. The lowest BCUT2D eigenvalue weighted by Crippen LogP contribution is -2.16. The Kier molecular flexibility index (Phi) is 7.56. The standard InChI is InChI=1S/C40H42N4O/c1-25(2)21-30-19-20-41-38(22-30)43-36-16-8-7-15-34(36)35-18-17-33(24-37(35)43)45-32-14-10-13-31(23-32)44-29(6)40(28(5)42-44)39-26(3)11-9-12-27(39)4/h7-8,10-11,13-20,22-25,27,39H,9,12,21H2,1-6H3/t27-,39+/m0/s1. The highest BCUT2D eigenvalue weighted by Gasteiger charge is 2.29. The Hall–Kier alpha value is -4.64. The summed E-state index contributed by atoms with van der Waals surface area (Å²) < 4.78 is 10.9. The Morgan fingerprint density at radius 2 is 1.67 bits per heavy atom. The SMILES string of the molecule is CC1=CCC[C@H](C)[C@@H]1c1c(C)nn(-c2cccc(Oc3ccc4c5ccccc5n(-c5cc(CC(C)C)ccn5)c4c3)c2)c1C. The number of pyridine rings is 1. The summed E-state index contributed by atoms with van der Waals surface area (Å²) >= 11 is 0. The van der Waals surface area contributed by atoms with Crippen molar-refractivity contribution in [1.82, 2.24) is 19.3 Å². The fourth-order valence-corrected chi connectivity index (χ4v) is 7.44. The average Bonchev–Trinajstić information content (AvgIpc) is 3.50. The van der Waals surface area contributed by atoms with E-state index in [1.54, 1.807) is 0 Å². The molecule has 0 fully saturated rings. The van der Waals surface area contributed by atoms with Gasteiger partial charge in [-0.2, -0.15) is 5.10 Å². The van der Waals surface area contributed by atoms with Gasteiger partial charge in [0, 0.05) is 46.3 Å². The summed E-state index contributed by atoms with van der Waals surface area (Å²) in [4.78, 5) is 4.82. The zero-order chi connectivity index (χ0) is 31.2. The van der Waals surface area contributed by atoms with Crippen molar-refractivity contribution in [3.8, 4) is 23.0 Å². The fraction of sp³-hybridized carbons (Fsp3) is 0.300. The second-order valence-electron chi connectivity index (χ2n) is 13.2. The minimum absolute atomic E-state index is 0.422. The summed E-state index contributed by atoms with van der Waals surface area (Å²) in [6.45, 7) is 13.5. The highest BCUT2D eigenvalue weighted by Crippen LogP contribution is 2.42. The van der Waals surface area contributed by atoms with E-state index in [1.165, 1.54) is 46.0 Å². The number of hydrogen-bond donors (Lipinski definition) is 0. The maximum Gasteiger partial charge on any atom is 0.137 e. The molecule has 3 aromatic carbocycles. The average molecular weight is 595 g/mol. The molecule has 1 aliphatic carbocycles. The first-order valence-corrected chi connectivity index (χ1v) is 16.3. The van der Waals surface area contributed by atoms with Crippen molar-refractivity contribution >= 4 is 21.8 Å². The van der Waals surface area contributed by atoms with E-state index in [2.05, 4.69) is 130 Å². The zero-order valence-electron chi connectivity index (χ0n) is 27.2. The van der Waals surface area contributed by atoms with Gasteiger partial charge < -0.3 is 4.74 Å². The summed E-state index contributed by atoms with van der Waals surface area (Å²) in [6, 6.07) is 27.5. The molecule has 0 radical (unpaired) electrons. The van der Waals surface area contributed by atoms with Gasteiger partial charge in [-0.3, -0.25) is 4.57 Å². The van der Waals surface area contributed by atoms with Gasteiger partial charge >= 0.3 is 0 Å². The highest BCUT2D eigenvalue weighted by molar-refractivity contribution is 6.09. The van der Waals surface area contributed by atoms with Gasteiger partial charge in [-0.15, -0.1) is 0 Å². The van der Waals surface area contributed by atoms with Crippen LogP contribution in [0, 0.1) is 25.7 Å². The molecule has 2 atom stereocenters. The molecule has 6 aromatic rings. The van der Waals surface area contributed by atoms with Crippen LogP contribution < -0.4 is 4.74 Å². The Bertz CT molecular complexity index is 2060. The van der Waals surface area contributed by atoms with Crippen molar-refractivity contribution in [1.29, 1.82) is 0 Å². The highest BCUT2D eigenvalue weighted by atomic mass is 16.5. The number of allylic oxidation sites excluding steroid dienone is 2. The summed E-state index contributed by atoms with van der Waals surface area (Å²) in [6.07, 6.45) is 7.74. The van der Waals surface area contributed by atoms with Crippen LogP contribution in [-0.4, -0.2) is 19.3 Å². The van der Waals surface area contributed by atoms with Gasteiger partial charge in [0.1, 0.15) is 17.3 Å². The number of fused-ring (bicyclic) bond motifs is 3. The van der Waals surface area contributed by atoms with E-state index in [-0.39, 0.29) is 0 Å². The first kappa shape index (κ1) is 29.1. The molecular weight excluding hydrogens is 552 g/mol. The molecule has 0 spiro atoms. The predicted octanol–water partition coefficient (Wildman–Crippen LogP) is 10.4. The molecule has 0 amide bonds. The van der Waals surface area contributed by atoms with E-state index in [4.69, 9.17) is 14.8 Å². The lowest BCUT2D eigenvalue weighted by atomic mass is 9.75. The molecule has 7 rings (SSSR count). The minimum Gasteiger partial charge on any atom is -0.457 e. The smallest absolute Gasteiger partial charge is 0.137 e. The number of para-hydroxylation sites is 1. The first-order valence-electron chi connectivity index (χ1n) is 16.3. The number of hydrogen-bond acceptors (Lipinski definition) is 3. The Labute approximate surface area is 266 Å². The normalized spacial score (nSPS) is 16.9. The van der Waals surface area contributed by atoms with Gasteiger partial charge in [0.15, 0.2) is 0 Å². The fourth-order valence-electron chi connectivity index (χ4n) is 7.44. The van der Waals surface area contributed by atoms with Gasteiger partial charge in [-0.05, 0) is 99.9 Å². The van der Waals surface area contributed by atoms with E-state index in [0.29, 0.717) is 17.8 Å². The molecule has 5 nitrogen and oxygen atoms in total. The topological polar surface area (TPSA) is 44.9 Å². The molecule has 0 saturated carbocycles. The third kappa shape index (κ3) is 5.35. The lowest BCUT2D eigenvalue weighted by molar-refractivity contribution is 0.447. The number of ether oxygens (including phenoxy) is 1. The van der Waals surface area contributed by atoms with Crippen LogP contribution in [0.1, 0.15) is 69.0 Å². The van der Waals surface area contributed by atoms with Crippen molar-refractivity contribution in [2.75, 3.05) is 0 Å². The molecule has 3 aromatic heterocycles. The molecule has 0 saturated heterocycles. The van der Waals surface area contributed by atoms with Crippen LogP contribution in [0.15, 0.2) is 96.7 Å². The molecule has 0 bridgehead atoms. The van der Waals surface area contributed by atoms with Gasteiger partial charge in [0.05, 0.1) is 22.4 Å². The van der Waals surface area contributed by atoms with E-state index >= 15 is 0 Å². The van der Waals surface area contributed by atoms with Crippen LogP contribution in [0.4, 0.5) is 0 Å². The number of aryl methyl sites for hydroxylation is 1. The maximum absolute atomic E-state index is 6.56. The van der Waals surface area contributed by atoms with Gasteiger partial charge in [0.25, 0.3) is 0 Å². The first-order chi connectivity index (χ1) is 21.8. The molecule has 0 unspecified atom stereocenters. The quantitative estimate of drug-likeness (QED) is 0.173. The number of aromatic nitrogens is 4. The van der Waals surface area contributed by atoms with Crippen LogP contribution in [0.3, 0.4) is 0 Å². The van der Waals surface area contributed by atoms with E-state index in [9.17, 15) is 0 Å². The molecule has 0 N–H and O–H groups in total. The Balaban J connectivity index is 1.26. The molecule has 45 heavy (non-hydrogen) atoms. The number of rotatable bonds is 7. The molecule has 0 aliphatic heterocycles. The minimum atomic E-state index is 0.422. The number of benzene rings is 3. The summed E-state index contributed by atoms with van der Waals surface area (Å²) in [5.41, 5.74) is 9.65. The van der Waals surface area contributed by atoms with Crippen molar-refractivity contribution < 1.29 is 4.74 Å². The molecule has 5 heteroatoms. The van der Waals surface area contributed by atoms with Crippen LogP contribution >= 0.6 is 0 Å². The second-order valence-corrected chi connectivity index (χ2v) is 13.2. The van der Waals surface area contributed by atoms with Crippen molar-refractivity contribution in [2.45, 2.75) is 66.7 Å². The Morgan fingerprint density at radius 3 is 2.49 bits per heavy atom. The molecular formula is C40H42N4O. The summed E-state index contributed by atoms with van der Waals surface area (Å²) in [5.74, 6) is 4.10. The van der Waals surface area contributed by atoms with Crippen LogP contribution in [0.5, 0.6) is 11.5 Å². The van der Waals surface area contributed by atoms with E-state index < -0.39 is 0 Å². The van der Waals surface area contributed by atoms with Crippen LogP contribution in [0.2, 0.25) is 0 Å². The van der Waals surface area contributed by atoms with Crippen molar-refractivity contribution in [3.05, 3.63) is 119 Å². The van der Waals surface area contributed by atoms with Crippen LogP contribution in [-0.2, 0) is 6.42 Å². The van der Waals surface area contributed by atoms with Crippen molar-refractivity contribution in [3.63, 3.8) is 0 Å². The molecule has 228 valence electrons. The third-order valence-corrected chi connectivity index (χ3v) is 9.43.